The zero-order valence-corrected chi connectivity index (χ0v) is 13.2. The fraction of sp³-hybridized carbons (Fsp3) is 0.176. The molecule has 0 aliphatic rings. The van der Waals surface area contributed by atoms with E-state index in [2.05, 4.69) is 4.98 Å². The molecule has 5 heteroatoms. The zero-order valence-electron chi connectivity index (χ0n) is 12.4. The maximum atomic E-state index is 12.5. The summed E-state index contributed by atoms with van der Waals surface area (Å²) in [5.74, 6) is 0. The van der Waals surface area contributed by atoms with Crippen LogP contribution in [0, 0.1) is 0 Å². The molecule has 0 amide bonds. The van der Waals surface area contributed by atoms with E-state index in [-0.39, 0.29) is 0 Å². The van der Waals surface area contributed by atoms with E-state index in [4.69, 9.17) is 0 Å². The summed E-state index contributed by atoms with van der Waals surface area (Å²) in [5, 5.41) is 1.15. The minimum absolute atomic E-state index is 0.330. The molecule has 0 aliphatic heterocycles. The van der Waals surface area contributed by atoms with Crippen molar-refractivity contribution in [2.24, 2.45) is 0 Å². The Morgan fingerprint density at radius 3 is 2.45 bits per heavy atom. The number of nitrogens with zero attached hydrogens (tertiary/aromatic N) is 1. The van der Waals surface area contributed by atoms with E-state index in [0.717, 1.165) is 16.5 Å². The molecule has 0 radical (unpaired) electrons. The van der Waals surface area contributed by atoms with Crippen molar-refractivity contribution < 1.29 is 8.42 Å². The van der Waals surface area contributed by atoms with Crippen LogP contribution in [0.2, 0.25) is 0 Å². The number of fused-ring (bicyclic) bond motifs is 1. The number of likely N-dealkylation sites (N-methyl/N-ethyl adjacent to an activating group) is 1. The van der Waals surface area contributed by atoms with Crippen molar-refractivity contribution in [2.75, 3.05) is 13.6 Å². The number of benzene rings is 2. The lowest BCUT2D eigenvalue weighted by atomic mass is 10.1. The van der Waals surface area contributed by atoms with Crippen molar-refractivity contribution in [3.8, 4) is 0 Å². The third-order valence-electron chi connectivity index (χ3n) is 3.82. The molecule has 4 nitrogen and oxygen atoms in total. The van der Waals surface area contributed by atoms with E-state index in [1.165, 1.54) is 4.31 Å². The Hall–Kier alpha value is -2.11. The topological polar surface area (TPSA) is 53.2 Å². The molecule has 0 fully saturated rings. The normalized spacial score (nSPS) is 12.1. The van der Waals surface area contributed by atoms with Crippen molar-refractivity contribution in [3.05, 3.63) is 66.4 Å². The third kappa shape index (κ3) is 2.77. The molecule has 114 valence electrons. The summed E-state index contributed by atoms with van der Waals surface area (Å²) in [6.45, 7) is 0.444. The maximum Gasteiger partial charge on any atom is 0.242 e. The maximum absolute atomic E-state index is 12.5. The first-order chi connectivity index (χ1) is 10.6. The largest absolute Gasteiger partial charge is 0.361 e. The van der Waals surface area contributed by atoms with E-state index in [0.29, 0.717) is 17.9 Å². The van der Waals surface area contributed by atoms with Gasteiger partial charge < -0.3 is 4.98 Å². The monoisotopic (exact) mass is 314 g/mol. The van der Waals surface area contributed by atoms with Crippen molar-refractivity contribution in [1.82, 2.24) is 9.29 Å². The average Bonchev–Trinajstić information content (AvgIpc) is 2.96. The molecule has 1 N–H and O–H groups in total. The number of H-pyrrole nitrogens is 1. The molecule has 0 unspecified atom stereocenters. The molecule has 3 rings (SSSR count). The summed E-state index contributed by atoms with van der Waals surface area (Å²) in [6.07, 6.45) is 2.63. The molecule has 0 aliphatic carbocycles. The van der Waals surface area contributed by atoms with Crippen LogP contribution in [0.5, 0.6) is 0 Å². The summed E-state index contributed by atoms with van der Waals surface area (Å²) in [4.78, 5) is 3.54. The molecule has 0 bridgehead atoms. The van der Waals surface area contributed by atoms with Gasteiger partial charge in [-0.15, -0.1) is 0 Å². The van der Waals surface area contributed by atoms with Gasteiger partial charge in [0, 0.05) is 30.7 Å². The number of hydrogen-bond donors (Lipinski definition) is 1. The first-order valence-electron chi connectivity index (χ1n) is 7.15. The van der Waals surface area contributed by atoms with Gasteiger partial charge in [-0.25, -0.2) is 12.7 Å². The summed E-state index contributed by atoms with van der Waals surface area (Å²) < 4.78 is 26.4. The molecule has 0 saturated carbocycles. The highest BCUT2D eigenvalue weighted by atomic mass is 32.2. The van der Waals surface area contributed by atoms with E-state index >= 15 is 0 Å². The summed E-state index contributed by atoms with van der Waals surface area (Å²) >= 11 is 0. The van der Waals surface area contributed by atoms with Gasteiger partial charge in [0.1, 0.15) is 0 Å². The highest BCUT2D eigenvalue weighted by Gasteiger charge is 2.20. The highest BCUT2D eigenvalue weighted by Crippen LogP contribution is 2.19. The standard InChI is InChI=1S/C17H18N2O2S/c1-19(22(20,21)15-7-3-2-4-8-15)12-11-14-13-18-17-10-6-5-9-16(14)17/h2-10,13,18H,11-12H2,1H3. The number of para-hydroxylation sites is 1. The van der Waals surface area contributed by atoms with Gasteiger partial charge in [0.15, 0.2) is 0 Å². The molecular weight excluding hydrogens is 296 g/mol. The third-order valence-corrected chi connectivity index (χ3v) is 5.69. The highest BCUT2D eigenvalue weighted by molar-refractivity contribution is 7.89. The van der Waals surface area contributed by atoms with Gasteiger partial charge in [0.25, 0.3) is 0 Å². The van der Waals surface area contributed by atoms with Gasteiger partial charge in [-0.3, -0.25) is 0 Å². The number of aromatic amines is 1. The van der Waals surface area contributed by atoms with E-state index in [1.54, 1.807) is 31.3 Å². The van der Waals surface area contributed by atoms with Gasteiger partial charge in [0.2, 0.25) is 10.0 Å². The smallest absolute Gasteiger partial charge is 0.242 e. The SMILES string of the molecule is CN(CCc1c[nH]c2ccccc12)S(=O)(=O)c1ccccc1. The first-order valence-corrected chi connectivity index (χ1v) is 8.59. The van der Waals surface area contributed by atoms with Gasteiger partial charge >= 0.3 is 0 Å². The molecule has 0 spiro atoms. The van der Waals surface area contributed by atoms with Gasteiger partial charge in [-0.2, -0.15) is 0 Å². The zero-order chi connectivity index (χ0) is 15.6. The van der Waals surface area contributed by atoms with Crippen LogP contribution < -0.4 is 0 Å². The summed E-state index contributed by atoms with van der Waals surface area (Å²) in [7, 11) is -1.80. The van der Waals surface area contributed by atoms with Crippen LogP contribution in [-0.4, -0.2) is 31.3 Å². The minimum Gasteiger partial charge on any atom is -0.361 e. The lowest BCUT2D eigenvalue weighted by molar-refractivity contribution is 0.473. The number of rotatable bonds is 5. The van der Waals surface area contributed by atoms with E-state index in [1.807, 2.05) is 36.5 Å². The predicted octanol–water partition coefficient (Wildman–Crippen LogP) is 3.03. The Morgan fingerprint density at radius 1 is 1.00 bits per heavy atom. The second-order valence-electron chi connectivity index (χ2n) is 5.25. The Kier molecular flexibility index (Phi) is 4.00. The summed E-state index contributed by atoms with van der Waals surface area (Å²) in [5.41, 5.74) is 2.21. The molecule has 0 saturated heterocycles. The molecule has 1 aromatic heterocycles. The second kappa shape index (κ2) is 5.94. The Morgan fingerprint density at radius 2 is 1.68 bits per heavy atom. The minimum atomic E-state index is -3.42. The quantitative estimate of drug-likeness (QED) is 0.787. The average molecular weight is 314 g/mol. The van der Waals surface area contributed by atoms with Crippen molar-refractivity contribution in [1.29, 1.82) is 0 Å². The molecule has 3 aromatic rings. The predicted molar refractivity (Wildman–Crippen MR) is 88.3 cm³/mol. The van der Waals surface area contributed by atoms with Gasteiger partial charge in [-0.05, 0) is 30.2 Å². The van der Waals surface area contributed by atoms with E-state index in [9.17, 15) is 8.42 Å². The molecule has 0 atom stereocenters. The number of aromatic nitrogens is 1. The lowest BCUT2D eigenvalue weighted by Crippen LogP contribution is -2.28. The number of nitrogens with one attached hydrogen (secondary N) is 1. The van der Waals surface area contributed by atoms with E-state index < -0.39 is 10.0 Å². The number of hydrogen-bond acceptors (Lipinski definition) is 2. The van der Waals surface area contributed by atoms with Gasteiger partial charge in [0.05, 0.1) is 4.90 Å². The van der Waals surface area contributed by atoms with Crippen LogP contribution in [0.1, 0.15) is 5.56 Å². The van der Waals surface area contributed by atoms with Gasteiger partial charge in [-0.1, -0.05) is 36.4 Å². The van der Waals surface area contributed by atoms with Crippen LogP contribution in [0.3, 0.4) is 0 Å². The summed E-state index contributed by atoms with van der Waals surface area (Å²) in [6, 6.07) is 16.6. The Balaban J connectivity index is 1.76. The van der Waals surface area contributed by atoms with Crippen LogP contribution in [0.4, 0.5) is 0 Å². The fourth-order valence-corrected chi connectivity index (χ4v) is 3.70. The Bertz CT molecular complexity index is 870. The lowest BCUT2D eigenvalue weighted by Gasteiger charge is -2.16. The van der Waals surface area contributed by atoms with Crippen molar-refractivity contribution in [3.63, 3.8) is 0 Å². The van der Waals surface area contributed by atoms with Crippen LogP contribution in [-0.2, 0) is 16.4 Å². The molecule has 2 aromatic carbocycles. The number of sulfonamides is 1. The van der Waals surface area contributed by atoms with Crippen LogP contribution in [0.25, 0.3) is 10.9 Å². The molecular formula is C17H18N2O2S. The van der Waals surface area contributed by atoms with Crippen molar-refractivity contribution >= 4 is 20.9 Å². The van der Waals surface area contributed by atoms with Crippen LogP contribution >= 0.6 is 0 Å². The molecule has 22 heavy (non-hydrogen) atoms. The Labute approximate surface area is 130 Å². The molecule has 1 heterocycles. The first kappa shape index (κ1) is 14.8. The van der Waals surface area contributed by atoms with Crippen molar-refractivity contribution in [2.45, 2.75) is 11.3 Å². The second-order valence-corrected chi connectivity index (χ2v) is 7.29. The fourth-order valence-electron chi connectivity index (χ4n) is 2.51. The van der Waals surface area contributed by atoms with Crippen LogP contribution in [0.15, 0.2) is 65.7 Å².